The highest BCUT2D eigenvalue weighted by Crippen LogP contribution is 2.36. The Hall–Kier alpha value is -3.51. The minimum Gasteiger partial charge on any atom is -0.382 e. The zero-order valence-electron chi connectivity index (χ0n) is 16.5. The lowest BCUT2D eigenvalue weighted by atomic mass is 9.89. The molecule has 3 rings (SSSR count). The molecular weight excluding hydrogens is 394 g/mol. The Labute approximate surface area is 172 Å². The standard InChI is InChI=1S/C21H20F2N4O3/c1-5-14(9-13(2)11-24)15-7-6-8-16(10-15)20(3)17(28)27-12-21(22,23)30-19(29)26(4)18(27)25-20/h5-10,18,25H,1-2,12H2,3-4H3/b14-9+. The smallest absolute Gasteiger partial charge is 0.382 e. The minimum atomic E-state index is -3.80. The third kappa shape index (κ3) is 3.57. The van der Waals surface area contributed by atoms with Crippen molar-refractivity contribution in [2.75, 3.05) is 13.6 Å². The molecule has 2 heterocycles. The maximum Gasteiger partial charge on any atom is 0.419 e. The second-order valence-electron chi connectivity index (χ2n) is 7.21. The van der Waals surface area contributed by atoms with Gasteiger partial charge in [0.1, 0.15) is 12.1 Å². The molecule has 1 aromatic rings. The second-order valence-corrected chi connectivity index (χ2v) is 7.21. The fourth-order valence-electron chi connectivity index (χ4n) is 3.49. The zero-order chi connectivity index (χ0) is 22.3. The molecule has 30 heavy (non-hydrogen) atoms. The average molecular weight is 414 g/mol. The van der Waals surface area contributed by atoms with Gasteiger partial charge in [0.05, 0.1) is 6.07 Å². The number of carbonyl (C=O) groups is 2. The van der Waals surface area contributed by atoms with E-state index in [1.165, 1.54) is 7.05 Å². The van der Waals surface area contributed by atoms with E-state index >= 15 is 0 Å². The van der Waals surface area contributed by atoms with E-state index in [1.54, 1.807) is 43.3 Å². The van der Waals surface area contributed by atoms with Gasteiger partial charge in [0, 0.05) is 12.6 Å². The van der Waals surface area contributed by atoms with Crippen LogP contribution in [-0.4, -0.2) is 47.8 Å². The van der Waals surface area contributed by atoms with Crippen LogP contribution in [0, 0.1) is 11.3 Å². The van der Waals surface area contributed by atoms with Gasteiger partial charge in [-0.25, -0.2) is 4.79 Å². The first-order valence-electron chi connectivity index (χ1n) is 8.99. The lowest BCUT2D eigenvalue weighted by Gasteiger charge is -2.27. The Kier molecular flexibility index (Phi) is 5.22. The average Bonchev–Trinajstić information content (AvgIpc) is 2.91. The van der Waals surface area contributed by atoms with Crippen LogP contribution < -0.4 is 5.32 Å². The summed E-state index contributed by atoms with van der Waals surface area (Å²) in [6, 6.07) is 8.77. The number of amides is 2. The van der Waals surface area contributed by atoms with E-state index in [0.29, 0.717) is 16.7 Å². The van der Waals surface area contributed by atoms with Gasteiger partial charge in [-0.3, -0.25) is 19.9 Å². The number of alkyl halides is 2. The summed E-state index contributed by atoms with van der Waals surface area (Å²) >= 11 is 0. The Morgan fingerprint density at radius 2 is 2.13 bits per heavy atom. The first kappa shape index (κ1) is 21.2. The third-order valence-electron chi connectivity index (χ3n) is 5.11. The molecule has 9 heteroatoms. The van der Waals surface area contributed by atoms with Crippen LogP contribution in [0.5, 0.6) is 0 Å². The molecule has 0 bridgehead atoms. The number of halogens is 2. The highest BCUT2D eigenvalue weighted by atomic mass is 19.3. The van der Waals surface area contributed by atoms with Crippen LogP contribution in [0.3, 0.4) is 0 Å². The third-order valence-corrected chi connectivity index (χ3v) is 5.11. The molecule has 2 aliphatic rings. The normalized spacial score (nSPS) is 25.8. The molecule has 2 atom stereocenters. The molecule has 2 aliphatic heterocycles. The Morgan fingerprint density at radius 3 is 2.77 bits per heavy atom. The minimum absolute atomic E-state index is 0.229. The van der Waals surface area contributed by atoms with Crippen LogP contribution in [0.25, 0.3) is 5.57 Å². The molecule has 0 radical (unpaired) electrons. The van der Waals surface area contributed by atoms with E-state index in [4.69, 9.17) is 5.26 Å². The summed E-state index contributed by atoms with van der Waals surface area (Å²) in [5.74, 6) is -0.625. The molecule has 7 nitrogen and oxygen atoms in total. The largest absolute Gasteiger partial charge is 0.419 e. The summed E-state index contributed by atoms with van der Waals surface area (Å²) in [5.41, 5.74) is 0.626. The van der Waals surface area contributed by atoms with Crippen LogP contribution in [0.2, 0.25) is 0 Å². The van der Waals surface area contributed by atoms with Crippen LogP contribution in [0.15, 0.2) is 55.1 Å². The van der Waals surface area contributed by atoms with Crippen LogP contribution >= 0.6 is 0 Å². The molecule has 1 N–H and O–H groups in total. The number of hydrogen-bond acceptors (Lipinski definition) is 5. The van der Waals surface area contributed by atoms with Gasteiger partial charge in [0.25, 0.3) is 0 Å². The van der Waals surface area contributed by atoms with Crippen molar-refractivity contribution in [3.05, 3.63) is 66.3 Å². The molecule has 2 amide bonds. The summed E-state index contributed by atoms with van der Waals surface area (Å²) < 4.78 is 32.1. The van der Waals surface area contributed by atoms with Gasteiger partial charge in [-0.1, -0.05) is 37.4 Å². The molecule has 2 fully saturated rings. The van der Waals surface area contributed by atoms with Crippen LogP contribution in [0.1, 0.15) is 18.1 Å². The van der Waals surface area contributed by atoms with E-state index in [9.17, 15) is 18.4 Å². The molecule has 0 spiro atoms. The number of allylic oxidation sites excluding steroid dienone is 4. The van der Waals surface area contributed by atoms with Crippen molar-refractivity contribution in [1.82, 2.24) is 15.1 Å². The van der Waals surface area contributed by atoms with Crippen LogP contribution in [0.4, 0.5) is 13.6 Å². The van der Waals surface area contributed by atoms with Gasteiger partial charge in [-0.05, 0) is 35.8 Å². The number of ether oxygens (including phenoxy) is 1. The Bertz CT molecular complexity index is 1010. The van der Waals surface area contributed by atoms with E-state index in [0.717, 1.165) is 9.80 Å². The highest BCUT2D eigenvalue weighted by Gasteiger charge is 2.57. The number of nitrogens with one attached hydrogen (secondary N) is 1. The molecule has 0 aromatic heterocycles. The second kappa shape index (κ2) is 7.39. The highest BCUT2D eigenvalue weighted by molar-refractivity contribution is 5.91. The van der Waals surface area contributed by atoms with Gasteiger partial charge < -0.3 is 4.74 Å². The van der Waals surface area contributed by atoms with Gasteiger partial charge in [-0.15, -0.1) is 0 Å². The van der Waals surface area contributed by atoms with E-state index in [1.807, 2.05) is 6.07 Å². The quantitative estimate of drug-likeness (QED) is 0.605. The van der Waals surface area contributed by atoms with Crippen molar-refractivity contribution >= 4 is 17.6 Å². The van der Waals surface area contributed by atoms with Gasteiger partial charge in [0.2, 0.25) is 5.91 Å². The predicted octanol–water partition coefficient (Wildman–Crippen LogP) is 2.94. The number of cyclic esters (lactones) is 1. The predicted molar refractivity (Wildman–Crippen MR) is 105 cm³/mol. The number of nitrogens with zero attached hydrogens (tertiary/aromatic N) is 3. The SMILES string of the molecule is C=C/C(=C\C(=C)C#N)c1cccc(C2(C)NC3N(C)C(=O)OC(F)(F)CN3C2=O)c1. The molecule has 0 saturated carbocycles. The summed E-state index contributed by atoms with van der Waals surface area (Å²) in [6.45, 7) is 7.86. The molecule has 2 saturated heterocycles. The summed E-state index contributed by atoms with van der Waals surface area (Å²) in [6.07, 6.45) is -3.04. The van der Waals surface area contributed by atoms with Crippen molar-refractivity contribution in [2.45, 2.75) is 24.9 Å². The van der Waals surface area contributed by atoms with Gasteiger partial charge in [0.15, 0.2) is 6.29 Å². The van der Waals surface area contributed by atoms with E-state index in [-0.39, 0.29) is 5.57 Å². The lowest BCUT2D eigenvalue weighted by molar-refractivity contribution is -0.203. The fraction of sp³-hybridized carbons (Fsp3) is 0.286. The van der Waals surface area contributed by atoms with Crippen molar-refractivity contribution in [3.8, 4) is 6.07 Å². The lowest BCUT2D eigenvalue weighted by Crippen LogP contribution is -2.51. The van der Waals surface area contributed by atoms with Crippen LogP contribution in [-0.2, 0) is 15.1 Å². The zero-order valence-corrected chi connectivity index (χ0v) is 16.5. The maximum absolute atomic E-state index is 14.0. The van der Waals surface area contributed by atoms with Crippen molar-refractivity contribution in [2.24, 2.45) is 0 Å². The monoisotopic (exact) mass is 414 g/mol. The number of benzene rings is 1. The number of fused-ring (bicyclic) bond motifs is 1. The summed E-state index contributed by atoms with van der Waals surface area (Å²) in [5, 5.41) is 11.9. The van der Waals surface area contributed by atoms with Gasteiger partial charge >= 0.3 is 12.2 Å². The van der Waals surface area contributed by atoms with Crippen molar-refractivity contribution in [3.63, 3.8) is 0 Å². The van der Waals surface area contributed by atoms with E-state index in [2.05, 4.69) is 23.2 Å². The maximum atomic E-state index is 14.0. The molecule has 1 aromatic carbocycles. The first-order chi connectivity index (χ1) is 14.0. The number of rotatable bonds is 4. The molecule has 2 unspecified atom stereocenters. The number of hydrogen-bond donors (Lipinski definition) is 1. The van der Waals surface area contributed by atoms with Crippen molar-refractivity contribution in [1.29, 1.82) is 5.26 Å². The number of nitriles is 1. The Morgan fingerprint density at radius 1 is 1.43 bits per heavy atom. The van der Waals surface area contributed by atoms with E-state index < -0.39 is 36.5 Å². The topological polar surface area (TPSA) is 85.7 Å². The number of carbonyl (C=O) groups excluding carboxylic acids is 2. The molecular formula is C21H20F2N4O3. The summed E-state index contributed by atoms with van der Waals surface area (Å²) in [7, 11) is 1.27. The summed E-state index contributed by atoms with van der Waals surface area (Å²) in [4.78, 5) is 26.9. The first-order valence-corrected chi connectivity index (χ1v) is 8.99. The Balaban J connectivity index is 2.03. The fourth-order valence-corrected chi connectivity index (χ4v) is 3.49. The molecule has 156 valence electrons. The molecule has 0 aliphatic carbocycles. The van der Waals surface area contributed by atoms with Gasteiger partial charge in [-0.2, -0.15) is 14.0 Å². The van der Waals surface area contributed by atoms with Crippen molar-refractivity contribution < 1.29 is 23.1 Å².